The molecule has 0 aliphatic carbocycles. The molecule has 1 saturated heterocycles. The SMILES string of the molecule is Cc1cn2nc(-c3cc(F)c4nc(C5CCN(C(=O)OC(C)(C)C)CC5)oc4c3)cc(C)c2n1. The maximum absolute atomic E-state index is 15.0. The van der Waals surface area contributed by atoms with Crippen LogP contribution in [0.15, 0.2) is 28.8 Å². The highest BCUT2D eigenvalue weighted by Gasteiger charge is 2.30. The predicted octanol–water partition coefficient (Wildman–Crippen LogP) is 5.41. The number of hydrogen-bond donors (Lipinski definition) is 0. The number of nitrogens with zero attached hydrogens (tertiary/aromatic N) is 5. The fourth-order valence-corrected chi connectivity index (χ4v) is 4.35. The fourth-order valence-electron chi connectivity index (χ4n) is 4.35. The molecule has 1 fully saturated rings. The lowest BCUT2D eigenvalue weighted by Crippen LogP contribution is -2.41. The maximum atomic E-state index is 15.0. The average Bonchev–Trinajstić information content (AvgIpc) is 3.36. The number of hydrogen-bond acceptors (Lipinski definition) is 6. The van der Waals surface area contributed by atoms with Crippen LogP contribution in [-0.2, 0) is 4.74 Å². The molecule has 0 saturated carbocycles. The average molecular weight is 466 g/mol. The summed E-state index contributed by atoms with van der Waals surface area (Å²) in [4.78, 5) is 23.0. The van der Waals surface area contributed by atoms with Gasteiger partial charge in [0.05, 0.1) is 17.6 Å². The number of aryl methyl sites for hydroxylation is 2. The molecule has 0 atom stereocenters. The Labute approximate surface area is 196 Å². The Morgan fingerprint density at radius 2 is 1.88 bits per heavy atom. The number of carbonyl (C=O) groups is 1. The third kappa shape index (κ3) is 4.22. The van der Waals surface area contributed by atoms with E-state index in [9.17, 15) is 4.79 Å². The van der Waals surface area contributed by atoms with E-state index < -0.39 is 11.4 Å². The van der Waals surface area contributed by atoms with Crippen molar-refractivity contribution >= 4 is 22.8 Å². The Bertz CT molecular complexity index is 1390. The van der Waals surface area contributed by atoms with Crippen LogP contribution < -0.4 is 0 Å². The monoisotopic (exact) mass is 465 g/mol. The van der Waals surface area contributed by atoms with Gasteiger partial charge in [-0.3, -0.25) is 0 Å². The van der Waals surface area contributed by atoms with Crippen LogP contribution in [0.5, 0.6) is 0 Å². The number of piperidine rings is 1. The number of benzene rings is 1. The van der Waals surface area contributed by atoms with Crippen LogP contribution in [0.2, 0.25) is 0 Å². The van der Waals surface area contributed by atoms with Crippen LogP contribution in [0.4, 0.5) is 9.18 Å². The first kappa shape index (κ1) is 22.3. The minimum Gasteiger partial charge on any atom is -0.444 e. The van der Waals surface area contributed by atoms with E-state index in [0.29, 0.717) is 48.7 Å². The molecule has 178 valence electrons. The van der Waals surface area contributed by atoms with Crippen LogP contribution in [0.3, 0.4) is 0 Å². The van der Waals surface area contributed by atoms with Gasteiger partial charge in [0.25, 0.3) is 0 Å². The Kier molecular flexibility index (Phi) is 5.30. The first-order chi connectivity index (χ1) is 16.1. The van der Waals surface area contributed by atoms with Gasteiger partial charge in [0.2, 0.25) is 0 Å². The summed E-state index contributed by atoms with van der Waals surface area (Å²) >= 11 is 0. The number of oxazole rings is 1. The van der Waals surface area contributed by atoms with Crippen molar-refractivity contribution in [1.82, 2.24) is 24.5 Å². The molecule has 9 heteroatoms. The summed E-state index contributed by atoms with van der Waals surface area (Å²) in [5.74, 6) is 0.0642. The van der Waals surface area contributed by atoms with Gasteiger partial charge in [-0.2, -0.15) is 5.10 Å². The quantitative estimate of drug-likeness (QED) is 0.394. The van der Waals surface area contributed by atoms with Crippen LogP contribution in [0.25, 0.3) is 28.0 Å². The highest BCUT2D eigenvalue weighted by Crippen LogP contribution is 2.33. The maximum Gasteiger partial charge on any atom is 0.410 e. The van der Waals surface area contributed by atoms with Gasteiger partial charge >= 0.3 is 6.09 Å². The van der Waals surface area contributed by atoms with Crippen molar-refractivity contribution in [2.75, 3.05) is 13.1 Å². The number of ether oxygens (including phenoxy) is 1. The van der Waals surface area contributed by atoms with Crippen LogP contribution in [-0.4, -0.2) is 49.3 Å². The molecule has 1 aliphatic rings. The Hall–Kier alpha value is -3.49. The van der Waals surface area contributed by atoms with E-state index in [-0.39, 0.29) is 17.5 Å². The van der Waals surface area contributed by atoms with E-state index in [1.54, 1.807) is 15.5 Å². The summed E-state index contributed by atoms with van der Waals surface area (Å²) in [5.41, 5.74) is 3.92. The molecule has 3 aromatic heterocycles. The number of rotatable bonds is 2. The van der Waals surface area contributed by atoms with Gasteiger partial charge in [0, 0.05) is 24.6 Å². The molecule has 8 nitrogen and oxygen atoms in total. The highest BCUT2D eigenvalue weighted by atomic mass is 19.1. The van der Waals surface area contributed by atoms with E-state index in [4.69, 9.17) is 9.15 Å². The van der Waals surface area contributed by atoms with Gasteiger partial charge in [0.15, 0.2) is 22.9 Å². The van der Waals surface area contributed by atoms with Gasteiger partial charge in [-0.05, 0) is 71.2 Å². The van der Waals surface area contributed by atoms with Crippen molar-refractivity contribution in [2.45, 2.75) is 59.0 Å². The normalized spacial score (nSPS) is 15.4. The zero-order valence-electron chi connectivity index (χ0n) is 20.1. The van der Waals surface area contributed by atoms with E-state index in [0.717, 1.165) is 16.9 Å². The molecule has 1 aromatic carbocycles. The summed E-state index contributed by atoms with van der Waals surface area (Å²) in [6.07, 6.45) is 2.89. The van der Waals surface area contributed by atoms with E-state index in [1.165, 1.54) is 6.07 Å². The molecule has 4 heterocycles. The number of amides is 1. The second-order valence-electron chi connectivity index (χ2n) is 9.96. The largest absolute Gasteiger partial charge is 0.444 e. The molecule has 34 heavy (non-hydrogen) atoms. The second-order valence-corrected chi connectivity index (χ2v) is 9.96. The lowest BCUT2D eigenvalue weighted by molar-refractivity contribution is 0.0199. The number of imidazole rings is 1. The van der Waals surface area contributed by atoms with Gasteiger partial charge in [-0.1, -0.05) is 0 Å². The molecular formula is C25H28FN5O3. The summed E-state index contributed by atoms with van der Waals surface area (Å²) in [5, 5.41) is 4.60. The molecule has 0 N–H and O–H groups in total. The standard InChI is InChI=1S/C25H28FN5O3/c1-14-10-19(29-31-13-15(2)27-22(14)31)17-11-18(26)21-20(12-17)33-23(28-21)16-6-8-30(9-7-16)24(32)34-25(3,4)5/h10-13,16H,6-9H2,1-5H3. The van der Waals surface area contributed by atoms with Gasteiger partial charge in [-0.15, -0.1) is 0 Å². The first-order valence-electron chi connectivity index (χ1n) is 11.5. The molecule has 5 rings (SSSR count). The van der Waals surface area contributed by atoms with Crippen molar-refractivity contribution in [3.63, 3.8) is 0 Å². The fraction of sp³-hybridized carbons (Fsp3) is 0.440. The molecular weight excluding hydrogens is 437 g/mol. The summed E-state index contributed by atoms with van der Waals surface area (Å²) in [6, 6.07) is 5.12. The zero-order valence-corrected chi connectivity index (χ0v) is 20.1. The predicted molar refractivity (Wildman–Crippen MR) is 125 cm³/mol. The highest BCUT2D eigenvalue weighted by molar-refractivity contribution is 5.80. The number of fused-ring (bicyclic) bond motifs is 2. The zero-order chi connectivity index (χ0) is 24.2. The lowest BCUT2D eigenvalue weighted by Gasteiger charge is -2.32. The minimum atomic E-state index is -0.530. The molecule has 0 unspecified atom stereocenters. The number of carbonyl (C=O) groups excluding carboxylic acids is 1. The molecule has 1 amide bonds. The molecule has 4 aromatic rings. The summed E-state index contributed by atoms with van der Waals surface area (Å²) in [7, 11) is 0. The number of aromatic nitrogens is 4. The smallest absolute Gasteiger partial charge is 0.410 e. The molecule has 0 bridgehead atoms. The summed E-state index contributed by atoms with van der Waals surface area (Å²) < 4.78 is 28.2. The van der Waals surface area contributed by atoms with E-state index >= 15 is 4.39 Å². The van der Waals surface area contributed by atoms with Crippen molar-refractivity contribution in [2.24, 2.45) is 0 Å². The van der Waals surface area contributed by atoms with Crippen molar-refractivity contribution in [1.29, 1.82) is 0 Å². The van der Waals surface area contributed by atoms with Crippen molar-refractivity contribution in [3.8, 4) is 11.3 Å². The Morgan fingerprint density at radius 1 is 1.15 bits per heavy atom. The number of likely N-dealkylation sites (tertiary alicyclic amines) is 1. The first-order valence-corrected chi connectivity index (χ1v) is 11.5. The minimum absolute atomic E-state index is 0.0135. The number of halogens is 1. The molecule has 0 radical (unpaired) electrons. The third-order valence-electron chi connectivity index (χ3n) is 5.99. The van der Waals surface area contributed by atoms with Crippen LogP contribution >= 0.6 is 0 Å². The second kappa shape index (κ2) is 8.07. The topological polar surface area (TPSA) is 85.8 Å². The van der Waals surface area contributed by atoms with Crippen LogP contribution in [0, 0.1) is 19.7 Å². The molecule has 0 spiro atoms. The van der Waals surface area contributed by atoms with Crippen molar-refractivity contribution in [3.05, 3.63) is 47.4 Å². The van der Waals surface area contributed by atoms with Crippen molar-refractivity contribution < 1.29 is 18.3 Å². The Morgan fingerprint density at radius 3 is 2.59 bits per heavy atom. The lowest BCUT2D eigenvalue weighted by atomic mass is 9.97. The molecule has 1 aliphatic heterocycles. The van der Waals surface area contributed by atoms with Gasteiger partial charge < -0.3 is 14.1 Å². The van der Waals surface area contributed by atoms with E-state index in [2.05, 4.69) is 15.1 Å². The van der Waals surface area contributed by atoms with E-state index in [1.807, 2.05) is 46.9 Å². The van der Waals surface area contributed by atoms with Crippen LogP contribution in [0.1, 0.15) is 56.7 Å². The summed E-state index contributed by atoms with van der Waals surface area (Å²) in [6.45, 7) is 10.5. The van der Waals surface area contributed by atoms with Gasteiger partial charge in [0.1, 0.15) is 11.1 Å². The van der Waals surface area contributed by atoms with Gasteiger partial charge in [-0.25, -0.2) is 23.7 Å². The Balaban J connectivity index is 1.39. The third-order valence-corrected chi connectivity index (χ3v) is 5.99.